The lowest BCUT2D eigenvalue weighted by molar-refractivity contribution is -0.137. The molecule has 0 aliphatic rings. The minimum atomic E-state index is -4.60. The Morgan fingerprint density at radius 2 is 1.83 bits per heavy atom. The lowest BCUT2D eigenvalue weighted by atomic mass is 10.1. The SMILES string of the molecule is CCCNS(=O)(=O)c1ccc(OCC(=O)Nc2ccccc2C(F)(F)F)c(C)c1. The number of nitrogens with one attached hydrogen (secondary N) is 2. The van der Waals surface area contributed by atoms with Gasteiger partial charge in [-0.25, -0.2) is 13.1 Å². The van der Waals surface area contributed by atoms with Gasteiger partial charge in [0.15, 0.2) is 6.61 Å². The van der Waals surface area contributed by atoms with Gasteiger partial charge in [0.05, 0.1) is 16.1 Å². The summed E-state index contributed by atoms with van der Waals surface area (Å²) in [7, 11) is -3.64. The van der Waals surface area contributed by atoms with E-state index in [1.54, 1.807) is 6.92 Å². The summed E-state index contributed by atoms with van der Waals surface area (Å²) in [6.07, 6.45) is -3.96. The molecule has 2 aromatic rings. The van der Waals surface area contributed by atoms with E-state index in [1.165, 1.54) is 30.3 Å². The number of sulfonamides is 1. The monoisotopic (exact) mass is 430 g/mol. The van der Waals surface area contributed by atoms with Crippen molar-refractivity contribution in [2.75, 3.05) is 18.5 Å². The summed E-state index contributed by atoms with van der Waals surface area (Å²) in [4.78, 5) is 12.1. The first-order valence-electron chi connectivity index (χ1n) is 8.74. The van der Waals surface area contributed by atoms with Gasteiger partial charge < -0.3 is 10.1 Å². The number of rotatable bonds is 8. The van der Waals surface area contributed by atoms with Gasteiger partial charge in [0.25, 0.3) is 5.91 Å². The van der Waals surface area contributed by atoms with Gasteiger partial charge in [-0.05, 0) is 49.2 Å². The smallest absolute Gasteiger partial charge is 0.418 e. The molecule has 0 spiro atoms. The van der Waals surface area contributed by atoms with Crippen LogP contribution >= 0.6 is 0 Å². The zero-order valence-electron chi connectivity index (χ0n) is 15.8. The number of anilines is 1. The van der Waals surface area contributed by atoms with Crippen LogP contribution < -0.4 is 14.8 Å². The summed E-state index contributed by atoms with van der Waals surface area (Å²) in [6.45, 7) is 3.21. The van der Waals surface area contributed by atoms with Crippen LogP contribution in [0.4, 0.5) is 18.9 Å². The number of hydrogen-bond donors (Lipinski definition) is 2. The highest BCUT2D eigenvalue weighted by atomic mass is 32.2. The number of amides is 1. The molecule has 0 aliphatic heterocycles. The summed E-state index contributed by atoms with van der Waals surface area (Å²) in [5.41, 5.74) is -0.861. The maximum absolute atomic E-state index is 13.0. The van der Waals surface area contributed by atoms with Crippen LogP contribution in [-0.4, -0.2) is 27.5 Å². The molecule has 0 aliphatic carbocycles. The van der Waals surface area contributed by atoms with E-state index in [9.17, 15) is 26.4 Å². The fraction of sp³-hybridized carbons (Fsp3) is 0.316. The van der Waals surface area contributed by atoms with Crippen LogP contribution in [0, 0.1) is 6.92 Å². The van der Waals surface area contributed by atoms with Gasteiger partial charge in [-0.1, -0.05) is 19.1 Å². The third kappa shape index (κ3) is 6.20. The number of ether oxygens (including phenoxy) is 1. The highest BCUT2D eigenvalue weighted by Crippen LogP contribution is 2.34. The minimum absolute atomic E-state index is 0.0550. The van der Waals surface area contributed by atoms with E-state index in [1.807, 2.05) is 6.92 Å². The molecule has 1 amide bonds. The zero-order valence-corrected chi connectivity index (χ0v) is 16.7. The Morgan fingerprint density at radius 1 is 1.14 bits per heavy atom. The molecule has 2 rings (SSSR count). The highest BCUT2D eigenvalue weighted by molar-refractivity contribution is 7.89. The molecule has 2 aromatic carbocycles. The molecule has 0 fully saturated rings. The molecule has 0 unspecified atom stereocenters. The molecule has 2 N–H and O–H groups in total. The first-order chi connectivity index (χ1) is 13.5. The van der Waals surface area contributed by atoms with Crippen LogP contribution in [0.15, 0.2) is 47.4 Å². The molecule has 0 saturated carbocycles. The van der Waals surface area contributed by atoms with E-state index < -0.39 is 34.3 Å². The van der Waals surface area contributed by atoms with Gasteiger partial charge in [-0.3, -0.25) is 4.79 Å². The van der Waals surface area contributed by atoms with Crippen molar-refractivity contribution in [1.82, 2.24) is 4.72 Å². The number of aryl methyl sites for hydroxylation is 1. The van der Waals surface area contributed by atoms with Gasteiger partial charge in [0.1, 0.15) is 5.75 Å². The van der Waals surface area contributed by atoms with Crippen LogP contribution in [-0.2, 0) is 21.0 Å². The van der Waals surface area contributed by atoms with E-state index in [0.29, 0.717) is 18.5 Å². The second-order valence-corrected chi connectivity index (χ2v) is 7.97. The summed E-state index contributed by atoms with van der Waals surface area (Å²) >= 11 is 0. The molecule has 0 aromatic heterocycles. The molecule has 158 valence electrons. The molecule has 29 heavy (non-hydrogen) atoms. The molecule has 0 heterocycles. The van der Waals surface area contributed by atoms with Crippen molar-refractivity contribution < 1.29 is 31.1 Å². The van der Waals surface area contributed by atoms with Crippen molar-refractivity contribution in [1.29, 1.82) is 0 Å². The topological polar surface area (TPSA) is 84.5 Å². The summed E-state index contributed by atoms with van der Waals surface area (Å²) in [5, 5.41) is 2.18. The number of halogens is 3. The summed E-state index contributed by atoms with van der Waals surface area (Å²) in [5.74, 6) is -0.527. The number of alkyl halides is 3. The molecule has 10 heteroatoms. The Balaban J connectivity index is 2.05. The minimum Gasteiger partial charge on any atom is -0.483 e. The average molecular weight is 430 g/mol. The molecular formula is C19H21F3N2O4S. The van der Waals surface area contributed by atoms with Gasteiger partial charge in [0.2, 0.25) is 10.0 Å². The van der Waals surface area contributed by atoms with Crippen molar-refractivity contribution in [3.05, 3.63) is 53.6 Å². The van der Waals surface area contributed by atoms with Crippen LogP contribution in [0.5, 0.6) is 5.75 Å². The summed E-state index contributed by atoms with van der Waals surface area (Å²) in [6, 6.07) is 8.74. The van der Waals surface area contributed by atoms with Crippen LogP contribution in [0.2, 0.25) is 0 Å². The van der Waals surface area contributed by atoms with Crippen molar-refractivity contribution >= 4 is 21.6 Å². The Labute approximate surface area is 167 Å². The normalized spacial score (nSPS) is 11.9. The van der Waals surface area contributed by atoms with Crippen molar-refractivity contribution in [2.45, 2.75) is 31.3 Å². The predicted octanol–water partition coefficient (Wildman–Crippen LogP) is 3.72. The number of para-hydroxylation sites is 1. The molecule has 6 nitrogen and oxygen atoms in total. The van der Waals surface area contributed by atoms with E-state index in [2.05, 4.69) is 10.0 Å². The molecular weight excluding hydrogens is 409 g/mol. The molecule has 0 radical (unpaired) electrons. The zero-order chi connectivity index (χ0) is 21.7. The molecule has 0 bridgehead atoms. The Kier molecular flexibility index (Phi) is 7.26. The van der Waals surface area contributed by atoms with E-state index in [4.69, 9.17) is 4.74 Å². The predicted molar refractivity (Wildman–Crippen MR) is 102 cm³/mol. The quantitative estimate of drug-likeness (QED) is 0.669. The van der Waals surface area contributed by atoms with Crippen molar-refractivity contribution in [2.24, 2.45) is 0 Å². The number of carbonyl (C=O) groups excluding carboxylic acids is 1. The Hall–Kier alpha value is -2.59. The van der Waals surface area contributed by atoms with Crippen LogP contribution in [0.1, 0.15) is 24.5 Å². The third-order valence-corrected chi connectivity index (χ3v) is 5.32. The Bertz CT molecular complexity index is 976. The first kappa shape index (κ1) is 22.7. The van der Waals surface area contributed by atoms with Gasteiger partial charge >= 0.3 is 6.18 Å². The fourth-order valence-corrected chi connectivity index (χ4v) is 3.66. The van der Waals surface area contributed by atoms with Gasteiger partial charge in [-0.15, -0.1) is 0 Å². The van der Waals surface area contributed by atoms with Gasteiger partial charge in [-0.2, -0.15) is 13.2 Å². The lowest BCUT2D eigenvalue weighted by Gasteiger charge is -2.14. The van der Waals surface area contributed by atoms with Gasteiger partial charge in [0, 0.05) is 6.54 Å². The van der Waals surface area contributed by atoms with Crippen LogP contribution in [0.3, 0.4) is 0 Å². The maximum Gasteiger partial charge on any atom is 0.418 e. The van der Waals surface area contributed by atoms with Crippen molar-refractivity contribution in [3.8, 4) is 5.75 Å². The van der Waals surface area contributed by atoms with Crippen LogP contribution in [0.25, 0.3) is 0 Å². The van der Waals surface area contributed by atoms with E-state index in [-0.39, 0.29) is 16.3 Å². The lowest BCUT2D eigenvalue weighted by Crippen LogP contribution is -2.24. The fourth-order valence-electron chi connectivity index (χ4n) is 2.44. The number of carbonyl (C=O) groups is 1. The largest absolute Gasteiger partial charge is 0.483 e. The number of hydrogen-bond acceptors (Lipinski definition) is 4. The third-order valence-electron chi connectivity index (χ3n) is 3.86. The number of benzene rings is 2. The van der Waals surface area contributed by atoms with Crippen molar-refractivity contribution in [3.63, 3.8) is 0 Å². The Morgan fingerprint density at radius 3 is 2.45 bits per heavy atom. The second-order valence-electron chi connectivity index (χ2n) is 6.21. The molecule has 0 atom stereocenters. The van der Waals surface area contributed by atoms with E-state index >= 15 is 0 Å². The summed E-state index contributed by atoms with van der Waals surface area (Å²) < 4.78 is 71.0. The molecule has 0 saturated heterocycles. The first-order valence-corrected chi connectivity index (χ1v) is 10.2. The standard InChI is InChI=1S/C19H21F3N2O4S/c1-3-10-23-29(26,27)14-8-9-17(13(2)11-14)28-12-18(25)24-16-7-5-4-6-15(16)19(20,21)22/h4-9,11,23H,3,10,12H2,1-2H3,(H,24,25). The second kappa shape index (κ2) is 9.27. The van der Waals surface area contributed by atoms with E-state index in [0.717, 1.165) is 12.1 Å². The average Bonchev–Trinajstić information content (AvgIpc) is 2.65. The maximum atomic E-state index is 13.0. The highest BCUT2D eigenvalue weighted by Gasteiger charge is 2.33.